The topological polar surface area (TPSA) is 42.2 Å². The zero-order valence-corrected chi connectivity index (χ0v) is 8.94. The molecule has 1 aromatic heterocycles. The second-order valence-electron chi connectivity index (χ2n) is 4.25. The summed E-state index contributed by atoms with van der Waals surface area (Å²) in [6.45, 7) is 0.948. The summed E-state index contributed by atoms with van der Waals surface area (Å²) < 4.78 is 2.17. The summed E-state index contributed by atoms with van der Waals surface area (Å²) in [6, 6.07) is 7.79. The van der Waals surface area contributed by atoms with Crippen molar-refractivity contribution in [2.75, 3.05) is 0 Å². The molecule has 1 N–H and O–H groups in total. The van der Waals surface area contributed by atoms with Gasteiger partial charge < -0.3 is 9.67 Å². The Morgan fingerprint density at radius 3 is 2.88 bits per heavy atom. The maximum Gasteiger partial charge on any atom is 0.338 e. The van der Waals surface area contributed by atoms with Gasteiger partial charge in [-0.15, -0.1) is 0 Å². The Bertz CT molecular complexity index is 569. The Labute approximate surface area is 93.3 Å². The second kappa shape index (κ2) is 3.37. The molecule has 3 rings (SSSR count). The normalized spacial score (nSPS) is 15.0. The maximum absolute atomic E-state index is 11.3. The molecule has 16 heavy (non-hydrogen) atoms. The Balaban J connectivity index is 2.41. The molecule has 0 bridgehead atoms. The molecule has 1 aromatic carbocycles. The molecule has 0 saturated heterocycles. The van der Waals surface area contributed by atoms with Crippen molar-refractivity contribution in [2.45, 2.75) is 25.8 Å². The van der Waals surface area contributed by atoms with E-state index in [1.54, 1.807) is 0 Å². The SMILES string of the molecule is O=C(O)c1c2n(c3ccccc13)CCCC2. The maximum atomic E-state index is 11.3. The van der Waals surface area contributed by atoms with E-state index in [-0.39, 0.29) is 0 Å². The number of hydrogen-bond acceptors (Lipinski definition) is 1. The standard InChI is InChI=1S/C13H13NO2/c15-13(16)12-9-5-1-2-6-10(9)14-8-4-3-7-11(12)14/h1-2,5-6H,3-4,7-8H2,(H,15,16). The Kier molecular flexibility index (Phi) is 1.99. The summed E-state index contributed by atoms with van der Waals surface area (Å²) in [7, 11) is 0. The summed E-state index contributed by atoms with van der Waals surface area (Å²) >= 11 is 0. The number of aromatic carboxylic acids is 1. The largest absolute Gasteiger partial charge is 0.478 e. The van der Waals surface area contributed by atoms with E-state index in [4.69, 9.17) is 0 Å². The van der Waals surface area contributed by atoms with Gasteiger partial charge in [0.1, 0.15) is 0 Å². The summed E-state index contributed by atoms with van der Waals surface area (Å²) in [6.07, 6.45) is 3.12. The van der Waals surface area contributed by atoms with Crippen LogP contribution in [-0.2, 0) is 13.0 Å². The molecule has 82 valence electrons. The van der Waals surface area contributed by atoms with E-state index in [0.717, 1.165) is 42.4 Å². The van der Waals surface area contributed by atoms with E-state index in [1.165, 1.54) is 0 Å². The molecule has 0 spiro atoms. The number of aryl methyl sites for hydroxylation is 1. The first-order chi connectivity index (χ1) is 7.79. The molecule has 0 fully saturated rings. The lowest BCUT2D eigenvalue weighted by atomic mass is 10.1. The predicted octanol–water partition coefficient (Wildman–Crippen LogP) is 2.68. The first-order valence-corrected chi connectivity index (χ1v) is 5.62. The van der Waals surface area contributed by atoms with Crippen LogP contribution in [-0.4, -0.2) is 15.6 Å². The van der Waals surface area contributed by atoms with Crippen LogP contribution in [0.4, 0.5) is 0 Å². The van der Waals surface area contributed by atoms with Crippen LogP contribution in [0.25, 0.3) is 10.9 Å². The highest BCUT2D eigenvalue weighted by atomic mass is 16.4. The van der Waals surface area contributed by atoms with Gasteiger partial charge >= 0.3 is 5.97 Å². The molecule has 2 aromatic rings. The predicted molar refractivity (Wildman–Crippen MR) is 61.8 cm³/mol. The number of carboxylic acids is 1. The quantitative estimate of drug-likeness (QED) is 0.794. The van der Waals surface area contributed by atoms with Crippen molar-refractivity contribution in [3.8, 4) is 0 Å². The lowest BCUT2D eigenvalue weighted by Gasteiger charge is -2.16. The summed E-state index contributed by atoms with van der Waals surface area (Å²) in [5.41, 5.74) is 2.57. The van der Waals surface area contributed by atoms with Crippen LogP contribution < -0.4 is 0 Å². The first-order valence-electron chi connectivity index (χ1n) is 5.62. The monoisotopic (exact) mass is 215 g/mol. The minimum Gasteiger partial charge on any atom is -0.478 e. The average Bonchev–Trinajstić information content (AvgIpc) is 2.63. The van der Waals surface area contributed by atoms with Crippen molar-refractivity contribution in [1.82, 2.24) is 4.57 Å². The zero-order chi connectivity index (χ0) is 11.1. The van der Waals surface area contributed by atoms with Gasteiger partial charge in [0.2, 0.25) is 0 Å². The number of rotatable bonds is 1. The Morgan fingerprint density at radius 2 is 2.06 bits per heavy atom. The number of carboxylic acid groups (broad SMARTS) is 1. The van der Waals surface area contributed by atoms with Crippen LogP contribution >= 0.6 is 0 Å². The van der Waals surface area contributed by atoms with E-state index < -0.39 is 5.97 Å². The van der Waals surface area contributed by atoms with Crippen LogP contribution in [0.3, 0.4) is 0 Å². The third kappa shape index (κ3) is 1.18. The van der Waals surface area contributed by atoms with Crippen LogP contribution in [0.15, 0.2) is 24.3 Å². The minimum atomic E-state index is -0.799. The zero-order valence-electron chi connectivity index (χ0n) is 8.94. The molecule has 3 nitrogen and oxygen atoms in total. The van der Waals surface area contributed by atoms with Crippen molar-refractivity contribution in [1.29, 1.82) is 0 Å². The second-order valence-corrected chi connectivity index (χ2v) is 4.25. The smallest absolute Gasteiger partial charge is 0.338 e. The lowest BCUT2D eigenvalue weighted by Crippen LogP contribution is -2.12. The highest BCUT2D eigenvalue weighted by molar-refractivity contribution is 6.05. The van der Waals surface area contributed by atoms with Crippen LogP contribution in [0.1, 0.15) is 28.9 Å². The van der Waals surface area contributed by atoms with Crippen LogP contribution in [0, 0.1) is 0 Å². The van der Waals surface area contributed by atoms with E-state index in [1.807, 2.05) is 24.3 Å². The Hall–Kier alpha value is -1.77. The summed E-state index contributed by atoms with van der Waals surface area (Å²) in [4.78, 5) is 11.3. The van der Waals surface area contributed by atoms with E-state index in [0.29, 0.717) is 5.56 Å². The van der Waals surface area contributed by atoms with E-state index in [9.17, 15) is 9.90 Å². The van der Waals surface area contributed by atoms with Gasteiger partial charge in [0.15, 0.2) is 0 Å². The van der Waals surface area contributed by atoms with E-state index in [2.05, 4.69) is 4.57 Å². The Morgan fingerprint density at radius 1 is 1.25 bits per heavy atom. The number of nitrogens with zero attached hydrogens (tertiary/aromatic N) is 1. The number of fused-ring (bicyclic) bond motifs is 3. The third-order valence-corrected chi connectivity index (χ3v) is 3.34. The van der Waals surface area contributed by atoms with Gasteiger partial charge in [0.05, 0.1) is 5.56 Å². The fraction of sp³-hybridized carbons (Fsp3) is 0.308. The van der Waals surface area contributed by atoms with Gasteiger partial charge in [-0.05, 0) is 25.3 Å². The number of benzene rings is 1. The molecule has 0 aliphatic carbocycles. The van der Waals surface area contributed by atoms with Crippen molar-refractivity contribution >= 4 is 16.9 Å². The molecule has 0 saturated carbocycles. The van der Waals surface area contributed by atoms with Gasteiger partial charge in [-0.2, -0.15) is 0 Å². The number of para-hydroxylation sites is 1. The van der Waals surface area contributed by atoms with E-state index >= 15 is 0 Å². The van der Waals surface area contributed by atoms with Crippen LogP contribution in [0.2, 0.25) is 0 Å². The molecule has 0 unspecified atom stereocenters. The molecular weight excluding hydrogens is 202 g/mol. The molecule has 0 atom stereocenters. The molecule has 1 aliphatic rings. The first kappa shape index (κ1) is 9.46. The van der Waals surface area contributed by atoms with Gasteiger partial charge in [-0.1, -0.05) is 18.2 Å². The number of carbonyl (C=O) groups is 1. The van der Waals surface area contributed by atoms with Crippen molar-refractivity contribution in [2.24, 2.45) is 0 Å². The van der Waals surface area contributed by atoms with Gasteiger partial charge in [0, 0.05) is 23.1 Å². The van der Waals surface area contributed by atoms with Gasteiger partial charge in [0.25, 0.3) is 0 Å². The fourth-order valence-corrected chi connectivity index (χ4v) is 2.67. The highest BCUT2D eigenvalue weighted by Gasteiger charge is 2.23. The third-order valence-electron chi connectivity index (χ3n) is 3.34. The minimum absolute atomic E-state index is 0.510. The molecule has 1 aliphatic heterocycles. The average molecular weight is 215 g/mol. The molecule has 3 heteroatoms. The fourth-order valence-electron chi connectivity index (χ4n) is 2.67. The molecular formula is C13H13NO2. The van der Waals surface area contributed by atoms with Crippen molar-refractivity contribution in [3.63, 3.8) is 0 Å². The van der Waals surface area contributed by atoms with Crippen LogP contribution in [0.5, 0.6) is 0 Å². The summed E-state index contributed by atoms with van der Waals surface area (Å²) in [5.74, 6) is -0.799. The number of hydrogen-bond donors (Lipinski definition) is 1. The summed E-state index contributed by atoms with van der Waals surface area (Å²) in [5, 5.41) is 10.2. The molecule has 0 amide bonds. The van der Waals surface area contributed by atoms with Crippen molar-refractivity contribution in [3.05, 3.63) is 35.5 Å². The molecule has 2 heterocycles. The molecule has 0 radical (unpaired) electrons. The highest BCUT2D eigenvalue weighted by Crippen LogP contribution is 2.30. The van der Waals surface area contributed by atoms with Gasteiger partial charge in [-0.25, -0.2) is 4.79 Å². The van der Waals surface area contributed by atoms with Crippen molar-refractivity contribution < 1.29 is 9.90 Å². The number of aromatic nitrogens is 1. The van der Waals surface area contributed by atoms with Gasteiger partial charge in [-0.3, -0.25) is 0 Å². The lowest BCUT2D eigenvalue weighted by molar-refractivity contribution is 0.0697.